The molecule has 1 aromatic heterocycles. The Hall–Kier alpha value is -1.42. The third kappa shape index (κ3) is 6.02. The van der Waals surface area contributed by atoms with Gasteiger partial charge in [0.25, 0.3) is 0 Å². The first kappa shape index (κ1) is 13.6. The van der Waals surface area contributed by atoms with Crippen LogP contribution in [0, 0.1) is 0 Å². The van der Waals surface area contributed by atoms with Gasteiger partial charge in [0.05, 0.1) is 13.2 Å². The molecular formula is C13H21N3O. The number of nitrogens with zero attached hydrogens (tertiary/aromatic N) is 2. The quantitative estimate of drug-likeness (QED) is 0.527. The van der Waals surface area contributed by atoms with Gasteiger partial charge in [-0.1, -0.05) is 19.4 Å². The zero-order valence-corrected chi connectivity index (χ0v) is 10.5. The van der Waals surface area contributed by atoms with E-state index in [1.54, 1.807) is 6.33 Å². The van der Waals surface area contributed by atoms with Crippen molar-refractivity contribution in [2.24, 2.45) is 0 Å². The number of rotatable bonds is 9. The van der Waals surface area contributed by atoms with Crippen LogP contribution in [0.3, 0.4) is 0 Å². The maximum absolute atomic E-state index is 5.40. The van der Waals surface area contributed by atoms with Gasteiger partial charge in [-0.25, -0.2) is 9.97 Å². The van der Waals surface area contributed by atoms with E-state index in [0.29, 0.717) is 6.61 Å². The Labute approximate surface area is 103 Å². The highest BCUT2D eigenvalue weighted by Crippen LogP contribution is 2.05. The summed E-state index contributed by atoms with van der Waals surface area (Å²) in [5, 5.41) is 3.22. The molecule has 1 N–H and O–H groups in total. The minimum absolute atomic E-state index is 0.682. The Morgan fingerprint density at radius 3 is 3.06 bits per heavy atom. The van der Waals surface area contributed by atoms with Gasteiger partial charge in [-0.15, -0.1) is 6.58 Å². The van der Waals surface area contributed by atoms with Gasteiger partial charge in [-0.2, -0.15) is 0 Å². The number of hydrogen-bond donors (Lipinski definition) is 1. The molecule has 94 valence electrons. The fourth-order valence-corrected chi connectivity index (χ4v) is 1.41. The van der Waals surface area contributed by atoms with Crippen LogP contribution in [0.15, 0.2) is 25.0 Å². The summed E-state index contributed by atoms with van der Waals surface area (Å²) in [6.07, 6.45) is 6.45. The summed E-state index contributed by atoms with van der Waals surface area (Å²) in [5.41, 5.74) is 1.08. The molecule has 1 rings (SSSR count). The van der Waals surface area contributed by atoms with E-state index < -0.39 is 0 Å². The smallest absolute Gasteiger partial charge is 0.129 e. The van der Waals surface area contributed by atoms with E-state index in [0.717, 1.165) is 43.9 Å². The number of hydrogen-bond acceptors (Lipinski definition) is 4. The molecule has 0 spiro atoms. The van der Waals surface area contributed by atoms with Gasteiger partial charge in [0.2, 0.25) is 0 Å². The molecule has 0 aliphatic heterocycles. The van der Waals surface area contributed by atoms with Gasteiger partial charge in [-0.05, 0) is 12.8 Å². The molecule has 1 aromatic rings. The minimum atomic E-state index is 0.682. The third-order valence-corrected chi connectivity index (χ3v) is 2.25. The lowest BCUT2D eigenvalue weighted by atomic mass is 10.2. The van der Waals surface area contributed by atoms with Crippen LogP contribution in [0.1, 0.15) is 25.5 Å². The van der Waals surface area contributed by atoms with Gasteiger partial charge < -0.3 is 10.1 Å². The molecule has 0 saturated carbocycles. The molecule has 0 radical (unpaired) electrons. The van der Waals surface area contributed by atoms with E-state index in [4.69, 9.17) is 4.74 Å². The molecule has 0 unspecified atom stereocenters. The molecule has 0 aliphatic carbocycles. The Morgan fingerprint density at radius 1 is 1.41 bits per heavy atom. The molecule has 0 fully saturated rings. The van der Waals surface area contributed by atoms with Crippen LogP contribution in [-0.2, 0) is 11.2 Å². The fourth-order valence-electron chi connectivity index (χ4n) is 1.41. The van der Waals surface area contributed by atoms with Crippen LogP contribution in [0.25, 0.3) is 0 Å². The van der Waals surface area contributed by atoms with E-state index in [1.165, 1.54) is 0 Å². The molecule has 1 heterocycles. The highest BCUT2D eigenvalue weighted by molar-refractivity contribution is 5.34. The normalized spacial score (nSPS) is 10.2. The lowest BCUT2D eigenvalue weighted by Crippen LogP contribution is -2.11. The second kappa shape index (κ2) is 8.70. The van der Waals surface area contributed by atoms with Crippen molar-refractivity contribution in [2.45, 2.75) is 26.2 Å². The van der Waals surface area contributed by atoms with Crippen molar-refractivity contribution in [3.63, 3.8) is 0 Å². The van der Waals surface area contributed by atoms with Crippen molar-refractivity contribution in [3.05, 3.63) is 30.7 Å². The first-order chi connectivity index (χ1) is 8.36. The monoisotopic (exact) mass is 235 g/mol. The summed E-state index contributed by atoms with van der Waals surface area (Å²) in [6.45, 7) is 7.96. The summed E-state index contributed by atoms with van der Waals surface area (Å²) >= 11 is 0. The lowest BCUT2D eigenvalue weighted by molar-refractivity contribution is 0.149. The summed E-state index contributed by atoms with van der Waals surface area (Å²) in [4.78, 5) is 8.37. The van der Waals surface area contributed by atoms with Crippen molar-refractivity contribution < 1.29 is 4.74 Å². The standard InChI is InChI=1S/C13H21N3O/c1-3-5-8-17-9-7-14-13-10-12(6-4-2)15-11-16-13/h3,10-11H,1,4-9H2,2H3,(H,14,15,16). The third-order valence-electron chi connectivity index (χ3n) is 2.25. The van der Waals surface area contributed by atoms with E-state index in [9.17, 15) is 0 Å². The molecule has 0 saturated heterocycles. The van der Waals surface area contributed by atoms with Crippen molar-refractivity contribution in [2.75, 3.05) is 25.1 Å². The van der Waals surface area contributed by atoms with Gasteiger partial charge in [0.1, 0.15) is 12.1 Å². The van der Waals surface area contributed by atoms with E-state index >= 15 is 0 Å². The van der Waals surface area contributed by atoms with Crippen molar-refractivity contribution in [1.29, 1.82) is 0 Å². The largest absolute Gasteiger partial charge is 0.379 e. The molecule has 0 aromatic carbocycles. The van der Waals surface area contributed by atoms with Gasteiger partial charge >= 0.3 is 0 Å². The van der Waals surface area contributed by atoms with Crippen LogP contribution in [0.4, 0.5) is 5.82 Å². The average molecular weight is 235 g/mol. The number of aryl methyl sites for hydroxylation is 1. The Kier molecular flexibility index (Phi) is 6.98. The topological polar surface area (TPSA) is 47.0 Å². The number of ether oxygens (including phenoxy) is 1. The molecule has 0 atom stereocenters. The Bertz CT molecular complexity index is 328. The Morgan fingerprint density at radius 2 is 2.29 bits per heavy atom. The summed E-state index contributed by atoms with van der Waals surface area (Å²) in [5.74, 6) is 0.871. The molecule has 0 aliphatic rings. The molecule has 4 heteroatoms. The van der Waals surface area contributed by atoms with Crippen molar-refractivity contribution in [1.82, 2.24) is 9.97 Å². The predicted octanol–water partition coefficient (Wildman–Crippen LogP) is 2.43. The summed E-state index contributed by atoms with van der Waals surface area (Å²) < 4.78 is 5.40. The van der Waals surface area contributed by atoms with Crippen molar-refractivity contribution in [3.8, 4) is 0 Å². The van der Waals surface area contributed by atoms with Crippen LogP contribution in [-0.4, -0.2) is 29.7 Å². The van der Waals surface area contributed by atoms with Gasteiger partial charge in [-0.3, -0.25) is 0 Å². The number of nitrogens with one attached hydrogen (secondary N) is 1. The Balaban J connectivity index is 2.21. The molecule has 4 nitrogen and oxygen atoms in total. The summed E-state index contributed by atoms with van der Waals surface area (Å²) in [6, 6.07) is 1.99. The molecule has 0 bridgehead atoms. The number of anilines is 1. The van der Waals surface area contributed by atoms with Gasteiger partial charge in [0, 0.05) is 18.3 Å². The maximum Gasteiger partial charge on any atom is 0.129 e. The SMILES string of the molecule is C=CCCOCCNc1cc(CCC)ncn1. The number of aromatic nitrogens is 2. The highest BCUT2D eigenvalue weighted by Gasteiger charge is 1.97. The van der Waals surface area contributed by atoms with Gasteiger partial charge in [0.15, 0.2) is 0 Å². The molecule has 17 heavy (non-hydrogen) atoms. The average Bonchev–Trinajstić information content (AvgIpc) is 2.35. The maximum atomic E-state index is 5.40. The van der Waals surface area contributed by atoms with Crippen molar-refractivity contribution >= 4 is 5.82 Å². The van der Waals surface area contributed by atoms with E-state index in [-0.39, 0.29) is 0 Å². The predicted molar refractivity (Wildman–Crippen MR) is 70.1 cm³/mol. The van der Waals surface area contributed by atoms with Crippen LogP contribution < -0.4 is 5.32 Å². The zero-order valence-electron chi connectivity index (χ0n) is 10.5. The minimum Gasteiger partial charge on any atom is -0.379 e. The summed E-state index contributed by atoms with van der Waals surface area (Å²) in [7, 11) is 0. The first-order valence-corrected chi connectivity index (χ1v) is 6.10. The van der Waals surface area contributed by atoms with Crippen LogP contribution in [0.5, 0.6) is 0 Å². The van der Waals surface area contributed by atoms with E-state index in [2.05, 4.69) is 28.8 Å². The lowest BCUT2D eigenvalue weighted by Gasteiger charge is -2.06. The highest BCUT2D eigenvalue weighted by atomic mass is 16.5. The van der Waals surface area contributed by atoms with Crippen LogP contribution in [0.2, 0.25) is 0 Å². The fraction of sp³-hybridized carbons (Fsp3) is 0.538. The first-order valence-electron chi connectivity index (χ1n) is 6.10. The van der Waals surface area contributed by atoms with Crippen LogP contribution >= 0.6 is 0 Å². The molecule has 0 amide bonds. The molecular weight excluding hydrogens is 214 g/mol. The zero-order chi connectivity index (χ0) is 12.3. The second-order valence-corrected chi connectivity index (χ2v) is 3.76. The van der Waals surface area contributed by atoms with E-state index in [1.807, 2.05) is 12.1 Å². The second-order valence-electron chi connectivity index (χ2n) is 3.76.